The number of benzene rings is 3. The summed E-state index contributed by atoms with van der Waals surface area (Å²) in [5, 5.41) is 28.6. The largest absolute Gasteiger partial charge is 0.494 e. The average molecular weight is 1040 g/mol. The minimum Gasteiger partial charge on any atom is -0.494 e. The van der Waals surface area contributed by atoms with Crippen LogP contribution in [0.15, 0.2) is 78.4 Å². The Hall–Kier alpha value is -5.09. The zero-order chi connectivity index (χ0) is 51.4. The number of piperidine rings is 1. The second-order valence-corrected chi connectivity index (χ2v) is 25.0. The van der Waals surface area contributed by atoms with E-state index < -0.39 is 25.3 Å². The van der Waals surface area contributed by atoms with Crippen molar-refractivity contribution < 1.29 is 24.0 Å². The molecule has 2 amide bonds. The predicted octanol–water partition coefficient (Wildman–Crippen LogP) is 9.49. The summed E-state index contributed by atoms with van der Waals surface area (Å²) < 4.78 is 18.7. The van der Waals surface area contributed by atoms with Crippen LogP contribution in [0.25, 0.3) is 10.4 Å². The van der Waals surface area contributed by atoms with Crippen molar-refractivity contribution in [3.8, 4) is 16.2 Å². The van der Waals surface area contributed by atoms with Crippen molar-refractivity contribution in [1.82, 2.24) is 35.8 Å². The summed E-state index contributed by atoms with van der Waals surface area (Å²) in [6.07, 6.45) is 9.82. The number of rotatable bonds is 23. The third-order valence-corrected chi connectivity index (χ3v) is 16.4. The van der Waals surface area contributed by atoms with Gasteiger partial charge in [0.05, 0.1) is 52.9 Å². The van der Waals surface area contributed by atoms with Crippen molar-refractivity contribution >= 4 is 76.0 Å². The molecule has 5 aromatic rings. The molecule has 3 atom stereocenters. The number of unbranched alkanes of at least 4 members (excludes halogenated alkanes) is 5. The van der Waals surface area contributed by atoms with Crippen LogP contribution in [0, 0.1) is 12.3 Å². The van der Waals surface area contributed by atoms with Gasteiger partial charge in [-0.25, -0.2) is 9.97 Å². The molecule has 72 heavy (non-hydrogen) atoms. The lowest BCUT2D eigenvalue weighted by atomic mass is 9.85. The average Bonchev–Trinajstić information content (AvgIpc) is 3.98. The molecular formula is C54H74ClN10O5PS. The lowest BCUT2D eigenvalue weighted by molar-refractivity contribution is -0.142. The van der Waals surface area contributed by atoms with Crippen molar-refractivity contribution in [3.63, 3.8) is 0 Å². The minimum atomic E-state index is -2.55. The number of amides is 2. The Kier molecular flexibility index (Phi) is 19.2. The molecule has 0 spiro atoms. The van der Waals surface area contributed by atoms with Crippen molar-refractivity contribution in [3.05, 3.63) is 94.7 Å². The fourth-order valence-corrected chi connectivity index (χ4v) is 11.6. The van der Waals surface area contributed by atoms with Gasteiger partial charge in [0.2, 0.25) is 17.8 Å². The Morgan fingerprint density at radius 1 is 0.931 bits per heavy atom. The van der Waals surface area contributed by atoms with Crippen LogP contribution < -0.4 is 41.5 Å². The highest BCUT2D eigenvalue weighted by molar-refractivity contribution is 7.70. The number of likely N-dealkylation sites (tertiary alicyclic amines) is 1. The molecule has 7 rings (SSSR count). The van der Waals surface area contributed by atoms with Gasteiger partial charge in [-0.1, -0.05) is 94.5 Å². The molecule has 15 nitrogen and oxygen atoms in total. The van der Waals surface area contributed by atoms with E-state index in [2.05, 4.69) is 52.5 Å². The summed E-state index contributed by atoms with van der Waals surface area (Å²) in [5.74, 6) is 1.05. The van der Waals surface area contributed by atoms with Crippen LogP contribution in [0.2, 0.25) is 5.02 Å². The number of thiazole rings is 1. The summed E-state index contributed by atoms with van der Waals surface area (Å²) in [6, 6.07) is 21.0. The van der Waals surface area contributed by atoms with Gasteiger partial charge in [-0.05, 0) is 99.8 Å². The van der Waals surface area contributed by atoms with Crippen molar-refractivity contribution in [2.75, 3.05) is 68.7 Å². The third-order valence-electron chi connectivity index (χ3n) is 13.6. The van der Waals surface area contributed by atoms with Gasteiger partial charge < -0.3 is 50.8 Å². The highest BCUT2D eigenvalue weighted by Gasteiger charge is 2.43. The number of carbonyl (C=O) groups excluding carboxylic acids is 2. The fourth-order valence-electron chi connectivity index (χ4n) is 9.54. The molecule has 0 aliphatic carbocycles. The monoisotopic (exact) mass is 1040 g/mol. The number of aryl methyl sites for hydroxylation is 1. The predicted molar refractivity (Wildman–Crippen MR) is 295 cm³/mol. The van der Waals surface area contributed by atoms with Crippen LogP contribution in [-0.2, 0) is 20.7 Å². The lowest BCUT2D eigenvalue weighted by Gasteiger charge is -2.35. The van der Waals surface area contributed by atoms with E-state index in [1.54, 1.807) is 36.7 Å². The van der Waals surface area contributed by atoms with Gasteiger partial charge in [0.15, 0.2) is 5.82 Å². The highest BCUT2D eigenvalue weighted by atomic mass is 35.5. The number of β-amino-alcohol motifs (C(OH)–C–C–N with tert-alkyl or cyclic N) is 1. The van der Waals surface area contributed by atoms with E-state index >= 15 is 0 Å². The van der Waals surface area contributed by atoms with Gasteiger partial charge in [0.25, 0.3) is 0 Å². The van der Waals surface area contributed by atoms with Crippen molar-refractivity contribution in [1.29, 1.82) is 0 Å². The van der Waals surface area contributed by atoms with E-state index in [-0.39, 0.29) is 30.2 Å². The zero-order valence-corrected chi connectivity index (χ0v) is 45.4. The summed E-state index contributed by atoms with van der Waals surface area (Å²) in [6.45, 7) is 15.7. The zero-order valence-electron chi connectivity index (χ0n) is 43.0. The number of nitrogens with one attached hydrogen (secondary N) is 5. The maximum absolute atomic E-state index is 14.1. The smallest absolute Gasteiger partial charge is 0.243 e. The molecule has 2 saturated heterocycles. The van der Waals surface area contributed by atoms with Crippen LogP contribution in [0.4, 0.5) is 28.8 Å². The Morgan fingerprint density at radius 2 is 1.64 bits per heavy atom. The molecule has 4 heterocycles. The van der Waals surface area contributed by atoms with Gasteiger partial charge in [0.1, 0.15) is 24.0 Å². The van der Waals surface area contributed by atoms with Gasteiger partial charge in [-0.15, -0.1) is 11.3 Å². The molecule has 388 valence electrons. The maximum atomic E-state index is 14.1. The van der Waals surface area contributed by atoms with E-state index in [1.165, 1.54) is 19.0 Å². The number of methoxy groups -OCH3 is 1. The van der Waals surface area contributed by atoms with Crippen LogP contribution in [-0.4, -0.2) is 114 Å². The van der Waals surface area contributed by atoms with Gasteiger partial charge >= 0.3 is 0 Å². The molecule has 2 aliphatic rings. The molecule has 6 N–H and O–H groups in total. The Morgan fingerprint density at radius 3 is 2.32 bits per heavy atom. The molecular weight excluding hydrogens is 967 g/mol. The molecule has 0 radical (unpaired) electrons. The molecule has 3 aromatic carbocycles. The number of hydrogen-bond acceptors (Lipinski definition) is 14. The number of halogens is 1. The number of carbonyl (C=O) groups is 2. The first-order valence-corrected chi connectivity index (χ1v) is 29.2. The molecule has 0 bridgehead atoms. The van der Waals surface area contributed by atoms with Crippen LogP contribution in [0.5, 0.6) is 5.75 Å². The number of nitrogens with zero attached hydrogens (tertiary/aromatic N) is 5. The summed E-state index contributed by atoms with van der Waals surface area (Å²) in [7, 11) is -0.895. The Labute approximate surface area is 435 Å². The van der Waals surface area contributed by atoms with Crippen LogP contribution in [0.3, 0.4) is 0 Å². The first-order chi connectivity index (χ1) is 34.5. The van der Waals surface area contributed by atoms with Crippen molar-refractivity contribution in [2.24, 2.45) is 5.41 Å². The topological polar surface area (TPSA) is 186 Å². The molecule has 2 aliphatic heterocycles. The third kappa shape index (κ3) is 14.8. The van der Waals surface area contributed by atoms with E-state index in [0.717, 1.165) is 96.5 Å². The number of aromatic nitrogens is 3. The van der Waals surface area contributed by atoms with Gasteiger partial charge in [-0.3, -0.25) is 9.59 Å². The van der Waals surface area contributed by atoms with E-state index in [1.807, 2.05) is 93.9 Å². The first kappa shape index (κ1) is 54.7. The quantitative estimate of drug-likeness (QED) is 0.0269. The summed E-state index contributed by atoms with van der Waals surface area (Å²) >= 11 is 8.10. The summed E-state index contributed by atoms with van der Waals surface area (Å²) in [5.41, 5.74) is 7.04. The fraction of sp³-hybridized carbons (Fsp3) is 0.500. The molecule has 0 unspecified atom stereocenters. The number of hydrogen-bond donors (Lipinski definition) is 6. The number of aliphatic hydroxyl groups excluding tert-OH is 1. The van der Waals surface area contributed by atoms with E-state index in [0.29, 0.717) is 47.4 Å². The minimum absolute atomic E-state index is 0.133. The Bertz CT molecular complexity index is 2630. The lowest BCUT2D eigenvalue weighted by Crippen LogP contribution is -2.56. The number of ether oxygens (including phenoxy) is 1. The second-order valence-electron chi connectivity index (χ2n) is 20.6. The SMILES string of the molecule is COc1cc(N2CCC(NCCCCCCCCN[C@H](C(=O)N3C[C@H](O)C[C@H]3C(=O)NCc3ccc(-c4scnc4C)cc3)C(C)(C)C)CC2)ccc1Nc1ncc(Cl)c(Nc2ccccc2P(C)(C)=O)n1. The maximum Gasteiger partial charge on any atom is 0.243 e. The van der Waals surface area contributed by atoms with Crippen molar-refractivity contribution in [2.45, 2.75) is 116 Å². The number of para-hydroxylation sites is 1. The molecule has 0 saturated carbocycles. The number of anilines is 5. The van der Waals surface area contributed by atoms with Gasteiger partial charge in [-0.2, -0.15) is 4.98 Å². The normalized spacial score (nSPS) is 17.0. The van der Waals surface area contributed by atoms with Gasteiger partial charge in [0, 0.05) is 55.7 Å². The Balaban J connectivity index is 0.774. The number of aliphatic hydroxyl groups is 1. The van der Waals surface area contributed by atoms with Crippen LogP contribution in [0.1, 0.15) is 89.8 Å². The molecule has 2 fully saturated rings. The van der Waals surface area contributed by atoms with E-state index in [9.17, 15) is 19.3 Å². The molecule has 2 aromatic heterocycles. The first-order valence-electron chi connectivity index (χ1n) is 25.3. The van der Waals surface area contributed by atoms with E-state index in [4.69, 9.17) is 16.3 Å². The highest BCUT2D eigenvalue weighted by Crippen LogP contribution is 2.39. The summed E-state index contributed by atoms with van der Waals surface area (Å²) in [4.78, 5) is 46.0. The molecule has 18 heteroatoms. The standard InChI is InChI=1S/C54H74ClN10O5PS/c1-36-48(72-35-60-36)38-20-18-37(19-21-38)32-58-51(67)45-31-41(66)34-65(45)52(68)49(54(2,3)4)57-27-15-11-9-8-10-14-26-56-39-24-28-64(29-25-39)40-22-23-43(46(30-40)70-5)62-53-59-33-42(55)50(63-53)61-44-16-12-13-17-47(44)71(6,7)69/h12-13,16-23,30,33,35,39,41,45,49,56-57,66H,8-11,14-15,24-29,31-32,34H2,1-7H3,(H,58,67)(H2,59,61,62,63)/t41-,45+,49-/m1/s1. The van der Waals surface area contributed by atoms with Crippen LogP contribution >= 0.6 is 30.1 Å². The second kappa shape index (κ2) is 25.2.